The third kappa shape index (κ3) is 4.53. The van der Waals surface area contributed by atoms with E-state index in [1.54, 1.807) is 0 Å². The van der Waals surface area contributed by atoms with Crippen LogP contribution in [0.5, 0.6) is 0 Å². The van der Waals surface area contributed by atoms with Gasteiger partial charge in [0.15, 0.2) is 0 Å². The Hall–Kier alpha value is -2.37. The number of carboxylic acids is 1. The van der Waals surface area contributed by atoms with Crippen LogP contribution in [-0.4, -0.2) is 41.0 Å². The number of hydrogen-bond acceptors (Lipinski definition) is 4. The molecule has 2 unspecified atom stereocenters. The van der Waals surface area contributed by atoms with Crippen molar-refractivity contribution in [2.24, 2.45) is 5.92 Å². The highest BCUT2D eigenvalue weighted by atomic mass is 16.4. The van der Waals surface area contributed by atoms with E-state index in [0.29, 0.717) is 18.3 Å². The smallest absolute Gasteiger partial charge is 0.303 e. The molecule has 3 N–H and O–H groups in total. The summed E-state index contributed by atoms with van der Waals surface area (Å²) in [6, 6.07) is 15.6. The predicted octanol–water partition coefficient (Wildman–Crippen LogP) is 4.93. The van der Waals surface area contributed by atoms with Crippen LogP contribution in [0.15, 0.2) is 42.5 Å². The molecule has 1 aliphatic carbocycles. The zero-order valence-electron chi connectivity index (χ0n) is 19.6. The molecule has 176 valence electrons. The molecule has 0 bridgehead atoms. The third-order valence-corrected chi connectivity index (χ3v) is 8.30. The fourth-order valence-electron chi connectivity index (χ4n) is 6.24. The second-order valence-electron chi connectivity index (χ2n) is 10.5. The van der Waals surface area contributed by atoms with Crippen LogP contribution in [0.1, 0.15) is 68.9 Å². The molecule has 2 heterocycles. The molecule has 5 rings (SSSR count). The van der Waals surface area contributed by atoms with Gasteiger partial charge in [-0.1, -0.05) is 30.3 Å². The van der Waals surface area contributed by atoms with E-state index in [1.165, 1.54) is 22.3 Å². The van der Waals surface area contributed by atoms with Gasteiger partial charge in [-0.3, -0.25) is 4.79 Å². The number of aliphatic carboxylic acids is 1. The summed E-state index contributed by atoms with van der Waals surface area (Å²) in [6.07, 6.45) is 7.10. The Kier molecular flexibility index (Phi) is 6.19. The first kappa shape index (κ1) is 22.4. The maximum atomic E-state index is 11.1. The van der Waals surface area contributed by atoms with Gasteiger partial charge in [-0.25, -0.2) is 0 Å². The fraction of sp³-hybridized carbons (Fsp3) is 0.536. The minimum absolute atomic E-state index is 0.233. The van der Waals surface area contributed by atoms with Gasteiger partial charge in [-0.2, -0.15) is 0 Å². The van der Waals surface area contributed by atoms with Crippen LogP contribution in [0.3, 0.4) is 0 Å². The molecule has 5 nitrogen and oxygen atoms in total. The summed E-state index contributed by atoms with van der Waals surface area (Å²) >= 11 is 0. The van der Waals surface area contributed by atoms with Crippen molar-refractivity contribution >= 4 is 11.7 Å². The summed E-state index contributed by atoms with van der Waals surface area (Å²) in [5.41, 5.74) is 6.07. The van der Waals surface area contributed by atoms with Crippen molar-refractivity contribution in [3.63, 3.8) is 0 Å². The number of carbonyl (C=O) groups is 1. The number of aliphatic hydroxyl groups is 1. The lowest BCUT2D eigenvalue weighted by Gasteiger charge is -2.38. The highest BCUT2D eigenvalue weighted by Gasteiger charge is 2.41. The van der Waals surface area contributed by atoms with Crippen molar-refractivity contribution in [1.29, 1.82) is 0 Å². The molecule has 1 saturated heterocycles. The molecular formula is C28H36N2O3. The fourth-order valence-corrected chi connectivity index (χ4v) is 6.24. The number of rotatable bonds is 6. The van der Waals surface area contributed by atoms with Gasteiger partial charge in [0.05, 0.1) is 5.54 Å². The molecule has 2 aromatic carbocycles. The lowest BCUT2D eigenvalue weighted by Crippen LogP contribution is -2.56. The quantitative estimate of drug-likeness (QED) is 0.585. The van der Waals surface area contributed by atoms with E-state index in [-0.39, 0.29) is 5.54 Å². The lowest BCUT2D eigenvalue weighted by atomic mass is 9.77. The topological polar surface area (TPSA) is 72.8 Å². The lowest BCUT2D eigenvalue weighted by molar-refractivity contribution is -0.138. The normalized spacial score (nSPS) is 28.0. The van der Waals surface area contributed by atoms with E-state index < -0.39 is 12.2 Å². The first-order chi connectivity index (χ1) is 15.9. The van der Waals surface area contributed by atoms with Crippen LogP contribution in [0.25, 0.3) is 11.1 Å². The van der Waals surface area contributed by atoms with Gasteiger partial charge >= 0.3 is 5.97 Å². The van der Waals surface area contributed by atoms with E-state index in [9.17, 15) is 9.90 Å². The summed E-state index contributed by atoms with van der Waals surface area (Å²) < 4.78 is 0. The van der Waals surface area contributed by atoms with Crippen molar-refractivity contribution in [2.45, 2.75) is 76.0 Å². The zero-order valence-corrected chi connectivity index (χ0v) is 19.6. The van der Waals surface area contributed by atoms with Crippen LogP contribution < -0.4 is 10.2 Å². The molecule has 0 radical (unpaired) electrons. The Bertz CT molecular complexity index is 989. The number of benzene rings is 2. The molecule has 0 aromatic heterocycles. The Morgan fingerprint density at radius 1 is 1.12 bits per heavy atom. The summed E-state index contributed by atoms with van der Waals surface area (Å²) in [5, 5.41) is 23.6. The van der Waals surface area contributed by atoms with E-state index in [1.807, 2.05) is 0 Å². The van der Waals surface area contributed by atoms with Crippen molar-refractivity contribution in [3.8, 4) is 11.1 Å². The molecule has 2 fully saturated rings. The van der Waals surface area contributed by atoms with Crippen molar-refractivity contribution < 1.29 is 15.0 Å². The first-order valence-corrected chi connectivity index (χ1v) is 12.6. The van der Waals surface area contributed by atoms with Crippen molar-refractivity contribution in [2.75, 3.05) is 18.0 Å². The Morgan fingerprint density at radius 3 is 2.52 bits per heavy atom. The summed E-state index contributed by atoms with van der Waals surface area (Å²) in [6.45, 7) is 3.98. The van der Waals surface area contributed by atoms with Crippen molar-refractivity contribution in [1.82, 2.24) is 5.32 Å². The van der Waals surface area contributed by atoms with Gasteiger partial charge in [0.2, 0.25) is 0 Å². The van der Waals surface area contributed by atoms with Crippen LogP contribution in [0.4, 0.5) is 5.69 Å². The molecular weight excluding hydrogens is 412 g/mol. The molecule has 33 heavy (non-hydrogen) atoms. The van der Waals surface area contributed by atoms with Crippen molar-refractivity contribution in [3.05, 3.63) is 53.6 Å². The van der Waals surface area contributed by atoms with Crippen LogP contribution >= 0.6 is 0 Å². The predicted molar refractivity (Wildman–Crippen MR) is 132 cm³/mol. The monoisotopic (exact) mass is 448 g/mol. The molecule has 3 aliphatic rings. The van der Waals surface area contributed by atoms with Gasteiger partial charge in [0, 0.05) is 18.7 Å². The van der Waals surface area contributed by atoms with E-state index in [0.717, 1.165) is 63.7 Å². The zero-order chi connectivity index (χ0) is 23.0. The molecule has 2 atom stereocenters. The first-order valence-electron chi connectivity index (χ1n) is 12.6. The highest BCUT2D eigenvalue weighted by Crippen LogP contribution is 2.39. The van der Waals surface area contributed by atoms with E-state index in [4.69, 9.17) is 5.11 Å². The number of aliphatic hydroxyl groups excluding tert-OH is 1. The third-order valence-electron chi connectivity index (χ3n) is 8.30. The van der Waals surface area contributed by atoms with Gasteiger partial charge in [0.25, 0.3) is 0 Å². The molecule has 2 aliphatic heterocycles. The second-order valence-corrected chi connectivity index (χ2v) is 10.5. The molecule has 5 heteroatoms. The molecule has 2 aromatic rings. The van der Waals surface area contributed by atoms with Crippen LogP contribution in [0.2, 0.25) is 0 Å². The number of carboxylic acid groups (broad SMARTS) is 1. The number of anilines is 1. The summed E-state index contributed by atoms with van der Waals surface area (Å²) in [7, 11) is 0. The maximum Gasteiger partial charge on any atom is 0.303 e. The highest BCUT2D eigenvalue weighted by molar-refractivity contribution is 5.71. The largest absolute Gasteiger partial charge is 0.481 e. The Labute approximate surface area is 196 Å². The standard InChI is InChI=1S/C28H36N2O3/c1-28(14-2-15-29-28)27(33)30-16-13-24-18-23(11-12-25(24)30)22-9-7-21(8-10-22)20-5-3-19(4-6-20)17-26(31)32/h7-12,18-20,27,29,33H,2-6,13-17H2,1H3,(H,31,32). The average Bonchev–Trinajstić information content (AvgIpc) is 3.45. The maximum absolute atomic E-state index is 11.1. The Balaban J connectivity index is 1.26. The minimum atomic E-state index is -0.667. The summed E-state index contributed by atoms with van der Waals surface area (Å²) in [5.74, 6) is 0.221. The molecule has 1 saturated carbocycles. The van der Waals surface area contributed by atoms with Gasteiger partial charge in [-0.15, -0.1) is 0 Å². The van der Waals surface area contributed by atoms with E-state index >= 15 is 0 Å². The molecule has 0 amide bonds. The minimum Gasteiger partial charge on any atom is -0.481 e. The average molecular weight is 449 g/mol. The second kappa shape index (κ2) is 9.11. The van der Waals surface area contributed by atoms with E-state index in [2.05, 4.69) is 59.6 Å². The number of nitrogens with one attached hydrogen (secondary N) is 1. The summed E-state index contributed by atoms with van der Waals surface area (Å²) in [4.78, 5) is 13.1. The van der Waals surface area contributed by atoms with Gasteiger partial charge < -0.3 is 20.4 Å². The molecule has 0 spiro atoms. The van der Waals surface area contributed by atoms with Gasteiger partial charge in [-0.05, 0) is 105 Å². The number of fused-ring (bicyclic) bond motifs is 1. The van der Waals surface area contributed by atoms with Crippen LogP contribution in [-0.2, 0) is 11.2 Å². The SMILES string of the molecule is CC1(C(O)N2CCc3cc(-c4ccc(C5CCC(CC(=O)O)CC5)cc4)ccc32)CCCN1. The Morgan fingerprint density at radius 2 is 1.85 bits per heavy atom. The van der Waals surface area contributed by atoms with Gasteiger partial charge in [0.1, 0.15) is 6.23 Å². The number of nitrogens with zero attached hydrogens (tertiary/aromatic N) is 1. The number of hydrogen-bond donors (Lipinski definition) is 3. The van der Waals surface area contributed by atoms with Crippen LogP contribution in [0, 0.1) is 5.92 Å².